The maximum Gasteiger partial charge on any atom is 0.337 e. The van der Waals surface area contributed by atoms with Crippen LogP contribution in [0.4, 0.5) is 5.69 Å². The number of anilines is 1. The first kappa shape index (κ1) is 23.2. The lowest BCUT2D eigenvalue weighted by Crippen LogP contribution is -2.45. The Hall–Kier alpha value is -3.50. The van der Waals surface area contributed by atoms with Gasteiger partial charge in [0.1, 0.15) is 11.8 Å². The van der Waals surface area contributed by atoms with Gasteiger partial charge in [-0.25, -0.2) is 18.1 Å². The summed E-state index contributed by atoms with van der Waals surface area (Å²) in [5.41, 5.74) is 0.484. The molecule has 1 atom stereocenters. The average molecular weight is 458 g/mol. The Kier molecular flexibility index (Phi) is 6.75. The molecule has 168 valence electrons. The van der Waals surface area contributed by atoms with E-state index in [-0.39, 0.29) is 29.1 Å². The number of hydrogen-bond acceptors (Lipinski definition) is 7. The molecule has 0 bridgehead atoms. The standard InChI is InChI=1S/C22H22N2O7S/c1-4-13-23(32(28,29)18-11-9-17(30-2)10-12-18)19-14-20(25)24(21(19)26)16-7-5-15(6-8-16)22(27)31-3/h4-12,19H,1,13-14H2,2-3H3. The van der Waals surface area contributed by atoms with Crippen LogP contribution >= 0.6 is 0 Å². The lowest BCUT2D eigenvalue weighted by molar-refractivity contribution is -0.122. The number of methoxy groups -OCH3 is 2. The Balaban J connectivity index is 1.92. The van der Waals surface area contributed by atoms with E-state index in [0.29, 0.717) is 5.75 Å². The van der Waals surface area contributed by atoms with Crippen LogP contribution in [0.2, 0.25) is 0 Å². The first-order chi connectivity index (χ1) is 15.2. The lowest BCUT2D eigenvalue weighted by Gasteiger charge is -2.25. The van der Waals surface area contributed by atoms with Gasteiger partial charge in [-0.3, -0.25) is 9.59 Å². The Bertz CT molecular complexity index is 1140. The van der Waals surface area contributed by atoms with Crippen LogP contribution < -0.4 is 9.64 Å². The van der Waals surface area contributed by atoms with Gasteiger partial charge in [-0.05, 0) is 48.5 Å². The molecule has 0 saturated carbocycles. The van der Waals surface area contributed by atoms with Gasteiger partial charge in [0.25, 0.3) is 5.91 Å². The van der Waals surface area contributed by atoms with Crippen LogP contribution in [0.25, 0.3) is 0 Å². The number of rotatable bonds is 8. The van der Waals surface area contributed by atoms with E-state index >= 15 is 0 Å². The SMILES string of the molecule is C=CCN(C1CC(=O)N(c2ccc(C(=O)OC)cc2)C1=O)S(=O)(=O)c1ccc(OC)cc1. The fourth-order valence-corrected chi connectivity index (χ4v) is 4.93. The van der Waals surface area contributed by atoms with Crippen molar-refractivity contribution in [1.29, 1.82) is 0 Å². The number of hydrogen-bond donors (Lipinski definition) is 0. The minimum atomic E-state index is -4.11. The molecular formula is C22H22N2O7S. The number of carbonyl (C=O) groups is 3. The molecule has 3 rings (SSSR count). The predicted molar refractivity (Wildman–Crippen MR) is 116 cm³/mol. The molecule has 0 spiro atoms. The molecule has 9 nitrogen and oxygen atoms in total. The second-order valence-electron chi connectivity index (χ2n) is 6.86. The van der Waals surface area contributed by atoms with Crippen LogP contribution in [0.15, 0.2) is 66.1 Å². The highest BCUT2D eigenvalue weighted by Crippen LogP contribution is 2.30. The average Bonchev–Trinajstić information content (AvgIpc) is 3.10. The van der Waals surface area contributed by atoms with Crippen molar-refractivity contribution in [3.05, 3.63) is 66.7 Å². The van der Waals surface area contributed by atoms with Gasteiger partial charge < -0.3 is 9.47 Å². The normalized spacial score (nSPS) is 16.3. The number of carbonyl (C=O) groups excluding carboxylic acids is 3. The zero-order valence-electron chi connectivity index (χ0n) is 17.6. The van der Waals surface area contributed by atoms with E-state index in [1.165, 1.54) is 68.8 Å². The smallest absolute Gasteiger partial charge is 0.337 e. The van der Waals surface area contributed by atoms with E-state index in [4.69, 9.17) is 4.74 Å². The number of amides is 2. The molecule has 1 aliphatic rings. The van der Waals surface area contributed by atoms with Crippen molar-refractivity contribution in [3.8, 4) is 5.75 Å². The second-order valence-corrected chi connectivity index (χ2v) is 8.76. The molecule has 0 aliphatic carbocycles. The molecule has 2 aromatic rings. The molecule has 1 unspecified atom stereocenters. The fraction of sp³-hybridized carbons (Fsp3) is 0.227. The molecule has 0 N–H and O–H groups in total. The van der Waals surface area contributed by atoms with E-state index < -0.39 is 33.8 Å². The van der Waals surface area contributed by atoms with E-state index in [2.05, 4.69) is 11.3 Å². The van der Waals surface area contributed by atoms with Crippen molar-refractivity contribution in [2.45, 2.75) is 17.4 Å². The van der Waals surface area contributed by atoms with Gasteiger partial charge in [0, 0.05) is 6.54 Å². The van der Waals surface area contributed by atoms with Crippen molar-refractivity contribution in [2.24, 2.45) is 0 Å². The molecule has 32 heavy (non-hydrogen) atoms. The second kappa shape index (κ2) is 9.33. The minimum absolute atomic E-state index is 0.0405. The van der Waals surface area contributed by atoms with Gasteiger partial charge in [-0.15, -0.1) is 6.58 Å². The minimum Gasteiger partial charge on any atom is -0.497 e. The Morgan fingerprint density at radius 1 is 1.12 bits per heavy atom. The summed E-state index contributed by atoms with van der Waals surface area (Å²) in [4.78, 5) is 38.3. The third-order valence-corrected chi connectivity index (χ3v) is 6.88. The number of nitrogens with zero attached hydrogens (tertiary/aromatic N) is 2. The van der Waals surface area contributed by atoms with Crippen molar-refractivity contribution in [2.75, 3.05) is 25.7 Å². The molecular weight excluding hydrogens is 436 g/mol. The van der Waals surface area contributed by atoms with Crippen molar-refractivity contribution in [3.63, 3.8) is 0 Å². The number of esters is 1. The lowest BCUT2D eigenvalue weighted by atomic mass is 10.2. The molecule has 0 radical (unpaired) electrons. The van der Waals surface area contributed by atoms with E-state index in [0.717, 1.165) is 9.21 Å². The van der Waals surface area contributed by atoms with Gasteiger partial charge in [0.15, 0.2) is 0 Å². The van der Waals surface area contributed by atoms with E-state index in [1.807, 2.05) is 0 Å². The molecule has 1 heterocycles. The van der Waals surface area contributed by atoms with E-state index in [9.17, 15) is 22.8 Å². The number of imide groups is 1. The maximum atomic E-state index is 13.3. The molecule has 2 amide bonds. The largest absolute Gasteiger partial charge is 0.497 e. The van der Waals surface area contributed by atoms with Gasteiger partial charge in [0.2, 0.25) is 15.9 Å². The maximum absolute atomic E-state index is 13.3. The molecule has 1 fully saturated rings. The van der Waals surface area contributed by atoms with Gasteiger partial charge in [-0.2, -0.15) is 4.31 Å². The Morgan fingerprint density at radius 2 is 1.75 bits per heavy atom. The number of benzene rings is 2. The van der Waals surface area contributed by atoms with Crippen LogP contribution in [0, 0.1) is 0 Å². The summed E-state index contributed by atoms with van der Waals surface area (Å²) in [6.45, 7) is 3.42. The summed E-state index contributed by atoms with van der Waals surface area (Å²) in [6, 6.07) is 10.2. The van der Waals surface area contributed by atoms with Crippen molar-refractivity contribution in [1.82, 2.24) is 4.31 Å². The van der Waals surface area contributed by atoms with Crippen LogP contribution in [-0.2, 0) is 24.3 Å². The first-order valence-electron chi connectivity index (χ1n) is 9.56. The van der Waals surface area contributed by atoms with Crippen LogP contribution in [-0.4, -0.2) is 57.3 Å². The third kappa shape index (κ3) is 4.27. The quantitative estimate of drug-likeness (QED) is 0.338. The number of sulfonamides is 1. The van der Waals surface area contributed by atoms with Crippen molar-refractivity contribution >= 4 is 33.5 Å². The molecule has 1 saturated heterocycles. The summed E-state index contributed by atoms with van der Waals surface area (Å²) >= 11 is 0. The van der Waals surface area contributed by atoms with Crippen molar-refractivity contribution < 1.29 is 32.3 Å². The van der Waals surface area contributed by atoms with Gasteiger partial charge in [0.05, 0.1) is 36.8 Å². The number of ether oxygens (including phenoxy) is 2. The summed E-state index contributed by atoms with van der Waals surface area (Å²) in [5.74, 6) is -1.31. The van der Waals surface area contributed by atoms with Crippen LogP contribution in [0.5, 0.6) is 5.75 Å². The molecule has 0 aromatic heterocycles. The fourth-order valence-electron chi connectivity index (χ4n) is 3.38. The summed E-state index contributed by atoms with van der Waals surface area (Å²) in [5, 5.41) is 0. The zero-order valence-corrected chi connectivity index (χ0v) is 18.4. The topological polar surface area (TPSA) is 110 Å². The highest BCUT2D eigenvalue weighted by atomic mass is 32.2. The predicted octanol–water partition coefficient (Wildman–Crippen LogP) is 1.99. The highest BCUT2D eigenvalue weighted by molar-refractivity contribution is 7.89. The third-order valence-electron chi connectivity index (χ3n) is 4.99. The summed E-state index contributed by atoms with van der Waals surface area (Å²) in [7, 11) is -1.41. The zero-order chi connectivity index (χ0) is 23.5. The van der Waals surface area contributed by atoms with Crippen LogP contribution in [0.3, 0.4) is 0 Å². The summed E-state index contributed by atoms with van der Waals surface area (Å²) in [6.07, 6.45) is 1.04. The Labute approximate surface area is 185 Å². The van der Waals surface area contributed by atoms with Crippen LogP contribution in [0.1, 0.15) is 16.8 Å². The summed E-state index contributed by atoms with van der Waals surface area (Å²) < 4.78 is 37.2. The molecule has 1 aliphatic heterocycles. The van der Waals surface area contributed by atoms with E-state index in [1.54, 1.807) is 0 Å². The highest BCUT2D eigenvalue weighted by Gasteiger charge is 2.46. The molecule has 10 heteroatoms. The van der Waals surface area contributed by atoms with Gasteiger partial charge in [-0.1, -0.05) is 6.08 Å². The molecule has 2 aromatic carbocycles. The monoisotopic (exact) mass is 458 g/mol. The van der Waals surface area contributed by atoms with Gasteiger partial charge >= 0.3 is 5.97 Å². The Morgan fingerprint density at radius 3 is 2.28 bits per heavy atom. The first-order valence-corrected chi connectivity index (χ1v) is 11.0.